The van der Waals surface area contributed by atoms with Gasteiger partial charge in [-0.3, -0.25) is 14.4 Å². The van der Waals surface area contributed by atoms with Gasteiger partial charge in [-0.1, -0.05) is 240 Å². The third-order valence-corrected chi connectivity index (χ3v) is 11.5. The summed E-state index contributed by atoms with van der Waals surface area (Å²) in [6.45, 7) is 11.3. The number of rotatable bonds is 45. The minimum absolute atomic E-state index is 0.0641. The summed E-state index contributed by atoms with van der Waals surface area (Å²) in [6, 6.07) is 0. The average molecular weight is 807 g/mol. The van der Waals surface area contributed by atoms with Crippen LogP contribution in [0.25, 0.3) is 0 Å². The Bertz CT molecular complexity index is 870. The van der Waals surface area contributed by atoms with Crippen LogP contribution in [0.3, 0.4) is 0 Å². The maximum Gasteiger partial charge on any atom is 0.306 e. The summed E-state index contributed by atoms with van der Waals surface area (Å²) in [5.41, 5.74) is 0. The maximum atomic E-state index is 12.7. The van der Waals surface area contributed by atoms with Crippen molar-refractivity contribution in [2.45, 2.75) is 285 Å². The monoisotopic (exact) mass is 807 g/mol. The molecule has 0 bridgehead atoms. The van der Waals surface area contributed by atoms with E-state index in [1.165, 1.54) is 167 Å². The Labute approximate surface area is 355 Å². The van der Waals surface area contributed by atoms with E-state index in [1.807, 2.05) is 0 Å². The van der Waals surface area contributed by atoms with Crippen molar-refractivity contribution in [3.05, 3.63) is 0 Å². The quantitative estimate of drug-likeness (QED) is 0.0346. The van der Waals surface area contributed by atoms with Crippen molar-refractivity contribution in [3.63, 3.8) is 0 Å². The molecule has 0 spiro atoms. The summed E-state index contributed by atoms with van der Waals surface area (Å²) in [7, 11) is 0. The topological polar surface area (TPSA) is 78.9 Å². The van der Waals surface area contributed by atoms with Gasteiger partial charge in [0.2, 0.25) is 0 Å². The summed E-state index contributed by atoms with van der Waals surface area (Å²) in [5, 5.41) is 0. The van der Waals surface area contributed by atoms with Gasteiger partial charge in [0.1, 0.15) is 13.2 Å². The van der Waals surface area contributed by atoms with Crippen molar-refractivity contribution >= 4 is 17.9 Å². The van der Waals surface area contributed by atoms with E-state index in [4.69, 9.17) is 14.2 Å². The molecule has 0 aromatic carbocycles. The van der Waals surface area contributed by atoms with E-state index < -0.39 is 6.10 Å². The first kappa shape index (κ1) is 55.4. The Balaban J connectivity index is 4.31. The van der Waals surface area contributed by atoms with Gasteiger partial charge >= 0.3 is 17.9 Å². The molecule has 1 atom stereocenters. The molecule has 57 heavy (non-hydrogen) atoms. The van der Waals surface area contributed by atoms with Crippen molar-refractivity contribution in [3.8, 4) is 0 Å². The molecule has 0 saturated heterocycles. The van der Waals surface area contributed by atoms with E-state index in [0.29, 0.717) is 19.3 Å². The van der Waals surface area contributed by atoms with Gasteiger partial charge in [-0.2, -0.15) is 0 Å². The number of unbranched alkanes of at least 4 members (excludes halogenated alkanes) is 30. The predicted molar refractivity (Wildman–Crippen MR) is 243 cm³/mol. The van der Waals surface area contributed by atoms with E-state index in [1.54, 1.807) is 0 Å². The first-order valence-corrected chi connectivity index (χ1v) is 25.2. The van der Waals surface area contributed by atoms with Gasteiger partial charge in [-0.15, -0.1) is 0 Å². The Hall–Kier alpha value is -1.59. The lowest BCUT2D eigenvalue weighted by Crippen LogP contribution is -2.30. The molecule has 0 aliphatic heterocycles. The smallest absolute Gasteiger partial charge is 0.306 e. The van der Waals surface area contributed by atoms with Crippen LogP contribution in [-0.4, -0.2) is 37.2 Å². The second-order valence-corrected chi connectivity index (χ2v) is 18.4. The van der Waals surface area contributed by atoms with E-state index in [-0.39, 0.29) is 31.1 Å². The molecule has 0 aromatic heterocycles. The minimum atomic E-state index is -0.761. The number of hydrogen-bond acceptors (Lipinski definition) is 6. The standard InChI is InChI=1S/C51H98O6/c1-6-7-8-9-10-11-12-16-21-26-31-36-41-49(52)55-44-48(57-51(54)43-38-33-28-23-18-20-25-30-35-40-47(4)5)45-56-50(53)42-37-32-27-22-17-14-13-15-19-24-29-34-39-46(2)3/h46-48H,6-45H2,1-5H3/t48-/m0/s1. The van der Waals surface area contributed by atoms with Crippen molar-refractivity contribution in [1.82, 2.24) is 0 Å². The first-order chi connectivity index (χ1) is 27.7. The van der Waals surface area contributed by atoms with Crippen LogP contribution in [0.2, 0.25) is 0 Å². The fraction of sp³-hybridized carbons (Fsp3) is 0.941. The van der Waals surface area contributed by atoms with Gasteiger partial charge in [-0.25, -0.2) is 0 Å². The first-order valence-electron chi connectivity index (χ1n) is 25.2. The molecule has 6 nitrogen and oxygen atoms in total. The van der Waals surface area contributed by atoms with Crippen molar-refractivity contribution in [2.24, 2.45) is 11.8 Å². The lowest BCUT2D eigenvalue weighted by atomic mass is 10.0. The summed E-state index contributed by atoms with van der Waals surface area (Å²) >= 11 is 0. The predicted octanol–water partition coefficient (Wildman–Crippen LogP) is 16.1. The fourth-order valence-electron chi connectivity index (χ4n) is 7.64. The lowest BCUT2D eigenvalue weighted by molar-refractivity contribution is -0.167. The highest BCUT2D eigenvalue weighted by Gasteiger charge is 2.19. The number of esters is 3. The highest BCUT2D eigenvalue weighted by atomic mass is 16.6. The maximum absolute atomic E-state index is 12.7. The van der Waals surface area contributed by atoms with E-state index >= 15 is 0 Å². The third-order valence-electron chi connectivity index (χ3n) is 11.5. The number of carbonyl (C=O) groups is 3. The molecule has 0 radical (unpaired) electrons. The Morgan fingerprint density at radius 3 is 0.860 bits per heavy atom. The molecule has 0 heterocycles. The Morgan fingerprint density at radius 2 is 0.579 bits per heavy atom. The molecule has 0 aromatic rings. The van der Waals surface area contributed by atoms with E-state index in [0.717, 1.165) is 69.6 Å². The molecule has 0 N–H and O–H groups in total. The van der Waals surface area contributed by atoms with Crippen LogP contribution in [0.1, 0.15) is 279 Å². The molecular weight excluding hydrogens is 709 g/mol. The lowest BCUT2D eigenvalue weighted by Gasteiger charge is -2.18. The normalized spacial score (nSPS) is 12.1. The van der Waals surface area contributed by atoms with Crippen molar-refractivity contribution in [1.29, 1.82) is 0 Å². The zero-order valence-corrected chi connectivity index (χ0v) is 39.0. The van der Waals surface area contributed by atoms with Gasteiger partial charge in [0.05, 0.1) is 0 Å². The van der Waals surface area contributed by atoms with Crippen LogP contribution in [0, 0.1) is 11.8 Å². The summed E-state index contributed by atoms with van der Waals surface area (Å²) in [6.07, 6.45) is 43.7. The summed E-state index contributed by atoms with van der Waals surface area (Å²) in [5.74, 6) is 0.789. The van der Waals surface area contributed by atoms with Gasteiger partial charge in [0.25, 0.3) is 0 Å². The second-order valence-electron chi connectivity index (χ2n) is 18.4. The fourth-order valence-corrected chi connectivity index (χ4v) is 7.64. The number of carbonyl (C=O) groups excluding carboxylic acids is 3. The highest BCUT2D eigenvalue weighted by molar-refractivity contribution is 5.71. The summed E-state index contributed by atoms with van der Waals surface area (Å²) < 4.78 is 16.8. The molecule has 0 rings (SSSR count). The molecule has 0 aliphatic carbocycles. The Kier molecular flexibility index (Phi) is 42.7. The number of ether oxygens (including phenoxy) is 3. The van der Waals surface area contributed by atoms with Crippen LogP contribution in [0.15, 0.2) is 0 Å². The minimum Gasteiger partial charge on any atom is -0.462 e. The molecular formula is C51H98O6. The average Bonchev–Trinajstić information content (AvgIpc) is 3.18. The largest absolute Gasteiger partial charge is 0.462 e. The van der Waals surface area contributed by atoms with E-state index in [9.17, 15) is 14.4 Å². The van der Waals surface area contributed by atoms with Gasteiger partial charge in [0.15, 0.2) is 6.10 Å². The van der Waals surface area contributed by atoms with Crippen LogP contribution < -0.4 is 0 Å². The zero-order valence-electron chi connectivity index (χ0n) is 39.0. The molecule has 0 amide bonds. The molecule has 338 valence electrons. The van der Waals surface area contributed by atoms with Gasteiger partial charge < -0.3 is 14.2 Å². The van der Waals surface area contributed by atoms with Gasteiger partial charge in [-0.05, 0) is 31.1 Å². The molecule has 0 saturated carbocycles. The molecule has 0 unspecified atom stereocenters. The van der Waals surface area contributed by atoms with Crippen LogP contribution in [0.4, 0.5) is 0 Å². The zero-order chi connectivity index (χ0) is 41.9. The summed E-state index contributed by atoms with van der Waals surface area (Å²) in [4.78, 5) is 37.9. The van der Waals surface area contributed by atoms with Crippen LogP contribution >= 0.6 is 0 Å². The SMILES string of the molecule is CCCCCCCCCCCCCCC(=O)OC[C@@H](COC(=O)CCCCCCCCCCCCCCC(C)C)OC(=O)CCCCCCCCCCCC(C)C. The second kappa shape index (κ2) is 44.0. The molecule has 6 heteroatoms. The highest BCUT2D eigenvalue weighted by Crippen LogP contribution is 2.17. The molecule has 0 aliphatic rings. The van der Waals surface area contributed by atoms with E-state index in [2.05, 4.69) is 34.6 Å². The number of hydrogen-bond donors (Lipinski definition) is 0. The third kappa shape index (κ3) is 45.3. The van der Waals surface area contributed by atoms with Crippen LogP contribution in [0.5, 0.6) is 0 Å². The van der Waals surface area contributed by atoms with Crippen LogP contribution in [-0.2, 0) is 28.6 Å². The molecule has 0 fully saturated rings. The van der Waals surface area contributed by atoms with Crippen molar-refractivity contribution in [2.75, 3.05) is 13.2 Å². The van der Waals surface area contributed by atoms with Gasteiger partial charge in [0, 0.05) is 19.3 Å². The Morgan fingerprint density at radius 1 is 0.333 bits per heavy atom. The van der Waals surface area contributed by atoms with Crippen molar-refractivity contribution < 1.29 is 28.6 Å².